The number of amides is 1. The van der Waals surface area contributed by atoms with Gasteiger partial charge in [0.2, 0.25) is 5.91 Å². The fraction of sp³-hybridized carbons (Fsp3) is 0.986. The number of unbranched alkanes of at least 4 members (excludes halogenated alkanes) is 62. The van der Waals surface area contributed by atoms with E-state index in [2.05, 4.69) is 19.2 Å². The Morgan fingerprint density at radius 2 is 0.421 bits per heavy atom. The fourth-order valence-corrected chi connectivity index (χ4v) is 12.1. The molecule has 3 N–H and O–H groups in total. The molecule has 0 rings (SSSR count). The maximum atomic E-state index is 12.6. The molecule has 0 aliphatic heterocycles. The molecule has 0 saturated heterocycles. The van der Waals surface area contributed by atoms with Crippen molar-refractivity contribution < 1.29 is 15.0 Å². The summed E-state index contributed by atoms with van der Waals surface area (Å²) in [6, 6.07) is -0.533. The molecule has 4 nitrogen and oxygen atoms in total. The molecular formula is C72H145NO3. The second kappa shape index (κ2) is 68.7. The Bertz CT molecular complexity index is 1030. The molecule has 0 aliphatic carbocycles. The summed E-state index contributed by atoms with van der Waals surface area (Å²) in [5.74, 6) is -0.0189. The van der Waals surface area contributed by atoms with Gasteiger partial charge in [0.15, 0.2) is 0 Å². The maximum Gasteiger partial charge on any atom is 0.220 e. The monoisotopic (exact) mass is 1070 g/mol. The highest BCUT2D eigenvalue weighted by Gasteiger charge is 2.20. The maximum absolute atomic E-state index is 12.6. The second-order valence-electron chi connectivity index (χ2n) is 25.4. The van der Waals surface area contributed by atoms with Crippen LogP contribution in [0.5, 0.6) is 0 Å². The average molecular weight is 1070 g/mol. The van der Waals surface area contributed by atoms with E-state index in [9.17, 15) is 15.0 Å². The van der Waals surface area contributed by atoms with Crippen molar-refractivity contribution in [3.05, 3.63) is 0 Å². The molecule has 2 atom stereocenters. The molecule has 0 heterocycles. The van der Waals surface area contributed by atoms with Crippen molar-refractivity contribution in [1.29, 1.82) is 0 Å². The number of rotatable bonds is 69. The van der Waals surface area contributed by atoms with Crippen LogP contribution < -0.4 is 5.32 Å². The molecule has 0 aromatic rings. The molecule has 0 fully saturated rings. The summed E-state index contributed by atoms with van der Waals surface area (Å²) in [6.07, 6.45) is 90.4. The molecule has 0 saturated carbocycles. The largest absolute Gasteiger partial charge is 0.394 e. The predicted molar refractivity (Wildman–Crippen MR) is 341 cm³/mol. The van der Waals surface area contributed by atoms with Crippen LogP contribution >= 0.6 is 0 Å². The Kier molecular flexibility index (Phi) is 68.1. The highest BCUT2D eigenvalue weighted by molar-refractivity contribution is 5.76. The van der Waals surface area contributed by atoms with Crippen LogP contribution in [0.3, 0.4) is 0 Å². The first kappa shape index (κ1) is 75.4. The van der Waals surface area contributed by atoms with Crippen molar-refractivity contribution in [3.8, 4) is 0 Å². The van der Waals surface area contributed by atoms with E-state index in [4.69, 9.17) is 0 Å². The van der Waals surface area contributed by atoms with Crippen molar-refractivity contribution >= 4 is 5.91 Å². The van der Waals surface area contributed by atoms with E-state index in [-0.39, 0.29) is 12.5 Å². The summed E-state index contributed by atoms with van der Waals surface area (Å²) in [6.45, 7) is 4.42. The van der Waals surface area contributed by atoms with Gasteiger partial charge in [-0.05, 0) is 12.8 Å². The summed E-state index contributed by atoms with van der Waals surface area (Å²) < 4.78 is 0. The van der Waals surface area contributed by atoms with Gasteiger partial charge in [0, 0.05) is 6.42 Å². The molecule has 0 aromatic heterocycles. The zero-order chi connectivity index (χ0) is 54.8. The molecule has 0 aromatic carbocycles. The van der Waals surface area contributed by atoms with Crippen molar-refractivity contribution in [2.45, 2.75) is 450 Å². The van der Waals surface area contributed by atoms with Gasteiger partial charge >= 0.3 is 0 Å². The number of aliphatic hydroxyl groups excluding tert-OH is 2. The number of hydrogen-bond donors (Lipinski definition) is 3. The average Bonchev–Trinajstić information content (AvgIpc) is 3.42. The number of aliphatic hydroxyl groups is 2. The topological polar surface area (TPSA) is 69.6 Å². The van der Waals surface area contributed by atoms with Gasteiger partial charge in [0.1, 0.15) is 0 Å². The van der Waals surface area contributed by atoms with Crippen LogP contribution in [-0.4, -0.2) is 34.9 Å². The van der Waals surface area contributed by atoms with Crippen LogP contribution in [0.2, 0.25) is 0 Å². The van der Waals surface area contributed by atoms with E-state index in [1.54, 1.807) is 0 Å². The number of nitrogens with one attached hydrogen (secondary N) is 1. The van der Waals surface area contributed by atoms with E-state index in [0.717, 1.165) is 25.7 Å². The predicted octanol–water partition coefficient (Wildman–Crippen LogP) is 24.6. The van der Waals surface area contributed by atoms with Crippen LogP contribution in [0, 0.1) is 0 Å². The third-order valence-corrected chi connectivity index (χ3v) is 17.6. The third kappa shape index (κ3) is 64.2. The molecule has 0 spiro atoms. The van der Waals surface area contributed by atoms with Gasteiger partial charge < -0.3 is 15.5 Å². The Balaban J connectivity index is 3.33. The number of carbonyl (C=O) groups is 1. The zero-order valence-electron chi connectivity index (χ0n) is 52.8. The third-order valence-electron chi connectivity index (χ3n) is 17.6. The first-order valence-electron chi connectivity index (χ1n) is 36.2. The minimum Gasteiger partial charge on any atom is -0.394 e. The smallest absolute Gasteiger partial charge is 0.220 e. The lowest BCUT2D eigenvalue weighted by molar-refractivity contribution is -0.123. The molecule has 456 valence electrons. The standard InChI is InChI=1S/C72H145NO3/c1-3-5-7-9-11-13-15-17-19-21-23-25-27-29-31-32-33-34-35-36-37-38-39-40-41-42-44-46-48-50-52-54-56-58-60-62-64-66-68-72(76)73-70(69-74)71(75)67-65-63-61-59-57-55-53-51-49-47-45-43-30-28-26-24-22-20-18-16-14-12-10-8-6-4-2/h70-71,74-75H,3-69H2,1-2H3,(H,73,76). The summed E-state index contributed by atoms with van der Waals surface area (Å²) in [7, 11) is 0. The van der Waals surface area contributed by atoms with Gasteiger partial charge in [0.05, 0.1) is 18.8 Å². The molecule has 76 heavy (non-hydrogen) atoms. The highest BCUT2D eigenvalue weighted by atomic mass is 16.3. The normalized spacial score (nSPS) is 12.5. The molecule has 0 bridgehead atoms. The van der Waals surface area contributed by atoms with Crippen LogP contribution in [0.1, 0.15) is 438 Å². The van der Waals surface area contributed by atoms with Crippen molar-refractivity contribution in [1.82, 2.24) is 5.32 Å². The van der Waals surface area contributed by atoms with Crippen LogP contribution in [0.25, 0.3) is 0 Å². The fourth-order valence-electron chi connectivity index (χ4n) is 12.1. The Morgan fingerprint density at radius 1 is 0.263 bits per heavy atom. The molecule has 1 amide bonds. The van der Waals surface area contributed by atoms with E-state index < -0.39 is 12.1 Å². The Labute approximate surface area is 480 Å². The second-order valence-corrected chi connectivity index (χ2v) is 25.4. The molecular weight excluding hydrogens is 927 g/mol. The minimum atomic E-state index is -0.656. The van der Waals surface area contributed by atoms with E-state index in [0.29, 0.717) is 12.8 Å². The van der Waals surface area contributed by atoms with Gasteiger partial charge in [-0.1, -0.05) is 418 Å². The summed E-state index contributed by atoms with van der Waals surface area (Å²) in [5.41, 5.74) is 0. The molecule has 0 aliphatic rings. The van der Waals surface area contributed by atoms with Crippen LogP contribution in [-0.2, 0) is 4.79 Å². The SMILES string of the molecule is CCCCCCCCCCCCCCCCCCCCCCCCCCCCCCCCCCCCCCCCC(=O)NC(CO)C(O)CCCCCCCCCCCCCCCCCCCCCCCCCCCC. The molecule has 0 radical (unpaired) electrons. The minimum absolute atomic E-state index is 0.0189. The van der Waals surface area contributed by atoms with E-state index >= 15 is 0 Å². The highest BCUT2D eigenvalue weighted by Crippen LogP contribution is 2.20. The van der Waals surface area contributed by atoms with Crippen molar-refractivity contribution in [2.24, 2.45) is 0 Å². The first-order valence-corrected chi connectivity index (χ1v) is 36.2. The van der Waals surface area contributed by atoms with Gasteiger partial charge in [-0.3, -0.25) is 4.79 Å². The summed E-state index contributed by atoms with van der Waals surface area (Å²) in [5, 5.41) is 23.5. The number of carbonyl (C=O) groups excluding carboxylic acids is 1. The lowest BCUT2D eigenvalue weighted by atomic mass is 10.0. The molecule has 4 heteroatoms. The van der Waals surface area contributed by atoms with Gasteiger partial charge in [-0.2, -0.15) is 0 Å². The van der Waals surface area contributed by atoms with Crippen LogP contribution in [0.4, 0.5) is 0 Å². The molecule has 2 unspecified atom stereocenters. The summed E-state index contributed by atoms with van der Waals surface area (Å²) >= 11 is 0. The zero-order valence-corrected chi connectivity index (χ0v) is 52.8. The quantitative estimate of drug-likeness (QED) is 0.0532. The lowest BCUT2D eigenvalue weighted by Gasteiger charge is -2.22. The van der Waals surface area contributed by atoms with Gasteiger partial charge in [-0.15, -0.1) is 0 Å². The lowest BCUT2D eigenvalue weighted by Crippen LogP contribution is -2.45. The van der Waals surface area contributed by atoms with E-state index in [1.165, 1.54) is 385 Å². The van der Waals surface area contributed by atoms with Gasteiger partial charge in [-0.25, -0.2) is 0 Å². The Hall–Kier alpha value is -0.610. The first-order chi connectivity index (χ1) is 37.7. The summed E-state index contributed by atoms with van der Waals surface area (Å²) in [4.78, 5) is 12.6. The Morgan fingerprint density at radius 3 is 0.592 bits per heavy atom. The number of hydrogen-bond acceptors (Lipinski definition) is 3. The van der Waals surface area contributed by atoms with Crippen molar-refractivity contribution in [2.75, 3.05) is 6.61 Å². The van der Waals surface area contributed by atoms with E-state index in [1.807, 2.05) is 0 Å². The van der Waals surface area contributed by atoms with Crippen LogP contribution in [0.15, 0.2) is 0 Å². The van der Waals surface area contributed by atoms with Crippen molar-refractivity contribution in [3.63, 3.8) is 0 Å². The van der Waals surface area contributed by atoms with Gasteiger partial charge in [0.25, 0.3) is 0 Å².